The SMILES string of the molecule is Cc1ccc(S(=O)(=O)Nc2ccc(Sc3nncn3C)cc2)cc1. The minimum atomic E-state index is -3.58. The third-order valence-corrected chi connectivity index (χ3v) is 5.77. The number of hydrogen-bond donors (Lipinski definition) is 1. The molecule has 0 spiro atoms. The van der Waals surface area contributed by atoms with Crippen LogP contribution in [0.3, 0.4) is 0 Å². The average molecular weight is 360 g/mol. The molecule has 1 heterocycles. The smallest absolute Gasteiger partial charge is 0.261 e. The highest BCUT2D eigenvalue weighted by molar-refractivity contribution is 7.99. The van der Waals surface area contributed by atoms with Gasteiger partial charge in [-0.3, -0.25) is 4.72 Å². The first kappa shape index (κ1) is 16.5. The van der Waals surface area contributed by atoms with Crippen LogP contribution in [0, 0.1) is 6.92 Å². The molecule has 1 aromatic heterocycles. The molecule has 0 fully saturated rings. The van der Waals surface area contributed by atoms with E-state index in [4.69, 9.17) is 0 Å². The van der Waals surface area contributed by atoms with E-state index in [0.29, 0.717) is 5.69 Å². The Morgan fingerprint density at radius 1 is 1.04 bits per heavy atom. The summed E-state index contributed by atoms with van der Waals surface area (Å²) in [6.07, 6.45) is 1.63. The lowest BCUT2D eigenvalue weighted by Gasteiger charge is -2.09. The molecule has 0 bridgehead atoms. The second-order valence-corrected chi connectivity index (χ2v) is 7.99. The number of aryl methyl sites for hydroxylation is 2. The number of benzene rings is 2. The van der Waals surface area contributed by atoms with E-state index in [2.05, 4.69) is 14.9 Å². The Hall–Kier alpha value is -2.32. The molecular formula is C16H16N4O2S2. The molecule has 124 valence electrons. The second-order valence-electron chi connectivity index (χ2n) is 5.27. The zero-order valence-electron chi connectivity index (χ0n) is 13.2. The molecule has 0 radical (unpaired) electrons. The Kier molecular flexibility index (Phi) is 4.59. The highest BCUT2D eigenvalue weighted by atomic mass is 32.2. The fourth-order valence-corrected chi connectivity index (χ4v) is 3.81. The average Bonchev–Trinajstić information content (AvgIpc) is 2.94. The predicted octanol–water partition coefficient (Wildman–Crippen LogP) is 3.08. The molecule has 2 aromatic carbocycles. The molecule has 0 saturated heterocycles. The van der Waals surface area contributed by atoms with E-state index in [1.165, 1.54) is 11.8 Å². The Labute approximate surface area is 145 Å². The minimum Gasteiger partial charge on any atom is -0.311 e. The van der Waals surface area contributed by atoms with Crippen molar-refractivity contribution >= 4 is 27.5 Å². The van der Waals surface area contributed by atoms with Gasteiger partial charge in [-0.25, -0.2) is 8.42 Å². The van der Waals surface area contributed by atoms with Crippen molar-refractivity contribution in [2.45, 2.75) is 21.9 Å². The summed E-state index contributed by atoms with van der Waals surface area (Å²) in [5.74, 6) is 0. The van der Waals surface area contributed by atoms with Crippen LogP contribution < -0.4 is 4.72 Å². The number of hydrogen-bond acceptors (Lipinski definition) is 5. The lowest BCUT2D eigenvalue weighted by molar-refractivity contribution is 0.601. The van der Waals surface area contributed by atoms with Gasteiger partial charge < -0.3 is 4.57 Å². The van der Waals surface area contributed by atoms with Crippen molar-refractivity contribution < 1.29 is 8.42 Å². The van der Waals surface area contributed by atoms with Crippen molar-refractivity contribution in [3.05, 3.63) is 60.4 Å². The van der Waals surface area contributed by atoms with Crippen LogP contribution in [0.25, 0.3) is 0 Å². The van der Waals surface area contributed by atoms with Gasteiger partial charge in [0.2, 0.25) is 0 Å². The number of anilines is 1. The van der Waals surface area contributed by atoms with Crippen LogP contribution in [0.5, 0.6) is 0 Å². The second kappa shape index (κ2) is 6.66. The first-order valence-corrected chi connectivity index (χ1v) is 9.45. The fraction of sp³-hybridized carbons (Fsp3) is 0.125. The Morgan fingerprint density at radius 3 is 2.29 bits per heavy atom. The highest BCUT2D eigenvalue weighted by Crippen LogP contribution is 2.27. The Morgan fingerprint density at radius 2 is 1.71 bits per heavy atom. The van der Waals surface area contributed by atoms with Crippen molar-refractivity contribution in [1.82, 2.24) is 14.8 Å². The van der Waals surface area contributed by atoms with Crippen LogP contribution in [-0.2, 0) is 17.1 Å². The fourth-order valence-electron chi connectivity index (χ4n) is 1.99. The highest BCUT2D eigenvalue weighted by Gasteiger charge is 2.13. The van der Waals surface area contributed by atoms with Crippen LogP contribution in [0.4, 0.5) is 5.69 Å². The van der Waals surface area contributed by atoms with Gasteiger partial charge in [0, 0.05) is 17.6 Å². The molecule has 0 unspecified atom stereocenters. The molecule has 24 heavy (non-hydrogen) atoms. The van der Waals surface area contributed by atoms with E-state index in [1.54, 1.807) is 42.7 Å². The summed E-state index contributed by atoms with van der Waals surface area (Å²) < 4.78 is 29.1. The Balaban J connectivity index is 1.74. The van der Waals surface area contributed by atoms with Gasteiger partial charge >= 0.3 is 0 Å². The normalized spacial score (nSPS) is 11.4. The van der Waals surface area contributed by atoms with Crippen LogP contribution in [0.1, 0.15) is 5.56 Å². The predicted molar refractivity (Wildman–Crippen MR) is 93.6 cm³/mol. The number of rotatable bonds is 5. The maximum Gasteiger partial charge on any atom is 0.261 e. The molecule has 3 aromatic rings. The summed E-state index contributed by atoms with van der Waals surface area (Å²) in [6, 6.07) is 13.9. The monoisotopic (exact) mass is 360 g/mol. The van der Waals surface area contributed by atoms with Crippen molar-refractivity contribution in [3.63, 3.8) is 0 Å². The van der Waals surface area contributed by atoms with E-state index in [9.17, 15) is 8.42 Å². The third-order valence-electron chi connectivity index (χ3n) is 3.32. The van der Waals surface area contributed by atoms with Gasteiger partial charge in [-0.15, -0.1) is 10.2 Å². The third kappa shape index (κ3) is 3.77. The molecule has 0 saturated carbocycles. The molecule has 0 aliphatic carbocycles. The molecule has 0 aliphatic rings. The standard InChI is InChI=1S/C16H16N4O2S2/c1-12-3-9-15(10-4-12)24(21,22)19-13-5-7-14(8-6-13)23-16-18-17-11-20(16)2/h3-11,19H,1-2H3. The number of nitrogens with one attached hydrogen (secondary N) is 1. The summed E-state index contributed by atoms with van der Waals surface area (Å²) >= 11 is 1.46. The molecule has 6 nitrogen and oxygen atoms in total. The van der Waals surface area contributed by atoms with Gasteiger partial charge in [-0.05, 0) is 55.1 Å². The number of nitrogens with zero attached hydrogens (tertiary/aromatic N) is 3. The maximum atomic E-state index is 12.4. The molecule has 1 N–H and O–H groups in total. The Bertz CT molecular complexity index is 933. The van der Waals surface area contributed by atoms with Gasteiger partial charge in [0.15, 0.2) is 5.16 Å². The zero-order valence-corrected chi connectivity index (χ0v) is 14.8. The van der Waals surface area contributed by atoms with Gasteiger partial charge in [-0.2, -0.15) is 0 Å². The van der Waals surface area contributed by atoms with Gasteiger partial charge in [0.25, 0.3) is 10.0 Å². The number of aromatic nitrogens is 3. The molecular weight excluding hydrogens is 344 g/mol. The molecule has 0 atom stereocenters. The van der Waals surface area contributed by atoms with Gasteiger partial charge in [0.1, 0.15) is 6.33 Å². The summed E-state index contributed by atoms with van der Waals surface area (Å²) in [5.41, 5.74) is 1.52. The lowest BCUT2D eigenvalue weighted by atomic mass is 10.2. The molecule has 0 amide bonds. The van der Waals surface area contributed by atoms with E-state index in [0.717, 1.165) is 15.6 Å². The topological polar surface area (TPSA) is 76.9 Å². The quantitative estimate of drug-likeness (QED) is 0.757. The largest absolute Gasteiger partial charge is 0.311 e. The maximum absolute atomic E-state index is 12.4. The van der Waals surface area contributed by atoms with Crippen LogP contribution >= 0.6 is 11.8 Å². The molecule has 0 aliphatic heterocycles. The molecule has 8 heteroatoms. The van der Waals surface area contributed by atoms with Crippen LogP contribution in [0.15, 0.2) is 69.8 Å². The van der Waals surface area contributed by atoms with Crippen molar-refractivity contribution in [3.8, 4) is 0 Å². The number of sulfonamides is 1. The van der Waals surface area contributed by atoms with Gasteiger partial charge in [-0.1, -0.05) is 17.7 Å². The summed E-state index contributed by atoms with van der Waals surface area (Å²) in [7, 11) is -1.72. The zero-order chi connectivity index (χ0) is 17.2. The van der Waals surface area contributed by atoms with E-state index >= 15 is 0 Å². The first-order valence-electron chi connectivity index (χ1n) is 7.15. The van der Waals surface area contributed by atoms with Gasteiger partial charge in [0.05, 0.1) is 4.90 Å². The van der Waals surface area contributed by atoms with Crippen molar-refractivity contribution in [2.24, 2.45) is 7.05 Å². The molecule has 3 rings (SSSR count). The van der Waals surface area contributed by atoms with E-state index in [-0.39, 0.29) is 4.90 Å². The summed E-state index contributed by atoms with van der Waals surface area (Å²) in [4.78, 5) is 1.19. The summed E-state index contributed by atoms with van der Waals surface area (Å²) in [5, 5.41) is 8.59. The lowest BCUT2D eigenvalue weighted by Crippen LogP contribution is -2.12. The van der Waals surface area contributed by atoms with Crippen LogP contribution in [0.2, 0.25) is 0 Å². The van der Waals surface area contributed by atoms with E-state index in [1.807, 2.05) is 30.7 Å². The van der Waals surface area contributed by atoms with Crippen molar-refractivity contribution in [2.75, 3.05) is 4.72 Å². The van der Waals surface area contributed by atoms with Crippen LogP contribution in [-0.4, -0.2) is 23.2 Å². The van der Waals surface area contributed by atoms with Crippen molar-refractivity contribution in [1.29, 1.82) is 0 Å². The minimum absolute atomic E-state index is 0.241. The first-order chi connectivity index (χ1) is 11.4. The summed E-state index contributed by atoms with van der Waals surface area (Å²) in [6.45, 7) is 1.91. The van der Waals surface area contributed by atoms with E-state index < -0.39 is 10.0 Å².